The third-order valence-corrected chi connectivity index (χ3v) is 3.50. The van der Waals surface area contributed by atoms with Gasteiger partial charge in [0.05, 0.1) is 0 Å². The van der Waals surface area contributed by atoms with Crippen LogP contribution < -0.4 is 5.32 Å². The molecule has 2 aromatic heterocycles. The smallest absolute Gasteiger partial charge is 0.0346 e. The van der Waals surface area contributed by atoms with Crippen LogP contribution >= 0.6 is 0 Å². The zero-order valence-electron chi connectivity index (χ0n) is 11.5. The van der Waals surface area contributed by atoms with Gasteiger partial charge in [-0.05, 0) is 41.6 Å². The van der Waals surface area contributed by atoms with E-state index in [9.17, 15) is 0 Å². The molecule has 100 valence electrons. The number of rotatable bonds is 4. The fourth-order valence-electron chi connectivity index (χ4n) is 2.26. The van der Waals surface area contributed by atoms with Crippen molar-refractivity contribution in [3.63, 3.8) is 0 Å². The Morgan fingerprint density at radius 3 is 2.75 bits per heavy atom. The molecule has 0 bridgehead atoms. The van der Waals surface area contributed by atoms with E-state index in [0.29, 0.717) is 0 Å². The summed E-state index contributed by atoms with van der Waals surface area (Å²) in [6.07, 6.45) is 7.43. The van der Waals surface area contributed by atoms with E-state index < -0.39 is 0 Å². The second-order valence-electron chi connectivity index (χ2n) is 4.95. The van der Waals surface area contributed by atoms with E-state index >= 15 is 0 Å². The predicted octanol–water partition coefficient (Wildman–Crippen LogP) is 3.48. The number of nitrogens with one attached hydrogen (secondary N) is 1. The average Bonchev–Trinajstić information content (AvgIpc) is 2.53. The maximum atomic E-state index is 4.15. The lowest BCUT2D eigenvalue weighted by molar-refractivity contribution is 0.573. The Morgan fingerprint density at radius 1 is 1.00 bits per heavy atom. The van der Waals surface area contributed by atoms with Crippen LogP contribution in [-0.2, 0) is 6.54 Å². The summed E-state index contributed by atoms with van der Waals surface area (Å²) < 4.78 is 0. The van der Waals surface area contributed by atoms with Crippen LogP contribution in [0.5, 0.6) is 0 Å². The van der Waals surface area contributed by atoms with Crippen molar-refractivity contribution < 1.29 is 0 Å². The van der Waals surface area contributed by atoms with Gasteiger partial charge in [0, 0.05) is 42.8 Å². The normalized spacial score (nSPS) is 12.4. The maximum Gasteiger partial charge on any atom is 0.0346 e. The van der Waals surface area contributed by atoms with E-state index in [-0.39, 0.29) is 6.04 Å². The fourth-order valence-corrected chi connectivity index (χ4v) is 2.26. The molecule has 20 heavy (non-hydrogen) atoms. The molecular weight excluding hydrogens is 246 g/mol. The second-order valence-corrected chi connectivity index (χ2v) is 4.95. The molecule has 3 heteroatoms. The van der Waals surface area contributed by atoms with Crippen LogP contribution in [-0.4, -0.2) is 9.97 Å². The number of hydrogen-bond donors (Lipinski definition) is 1. The van der Waals surface area contributed by atoms with Crippen LogP contribution in [0.25, 0.3) is 10.8 Å². The lowest BCUT2D eigenvalue weighted by atomic mass is 10.1. The Morgan fingerprint density at radius 2 is 1.90 bits per heavy atom. The third kappa shape index (κ3) is 2.83. The highest BCUT2D eigenvalue weighted by Crippen LogP contribution is 2.16. The van der Waals surface area contributed by atoms with Crippen molar-refractivity contribution in [3.05, 3.63) is 72.3 Å². The van der Waals surface area contributed by atoms with Gasteiger partial charge in [-0.2, -0.15) is 0 Å². The molecule has 0 saturated heterocycles. The first kappa shape index (κ1) is 12.8. The highest BCUT2D eigenvalue weighted by atomic mass is 14.9. The van der Waals surface area contributed by atoms with E-state index in [1.165, 1.54) is 21.9 Å². The predicted molar refractivity (Wildman–Crippen MR) is 81.2 cm³/mol. The van der Waals surface area contributed by atoms with Crippen molar-refractivity contribution in [3.8, 4) is 0 Å². The molecule has 0 radical (unpaired) electrons. The lowest BCUT2D eigenvalue weighted by Crippen LogP contribution is -2.18. The van der Waals surface area contributed by atoms with Crippen molar-refractivity contribution in [1.82, 2.24) is 15.3 Å². The number of benzene rings is 1. The molecule has 0 saturated carbocycles. The van der Waals surface area contributed by atoms with Crippen LogP contribution in [0.15, 0.2) is 61.2 Å². The van der Waals surface area contributed by atoms with Gasteiger partial charge in [-0.1, -0.05) is 18.2 Å². The average molecular weight is 263 g/mol. The zero-order valence-corrected chi connectivity index (χ0v) is 11.5. The van der Waals surface area contributed by atoms with Crippen molar-refractivity contribution >= 4 is 10.8 Å². The number of fused-ring (bicyclic) bond motifs is 1. The van der Waals surface area contributed by atoms with Crippen LogP contribution in [0.3, 0.4) is 0 Å². The molecule has 0 spiro atoms. The van der Waals surface area contributed by atoms with Gasteiger partial charge in [0.15, 0.2) is 0 Å². The standard InChI is InChI=1S/C17H17N3/c1-13(16-3-2-7-18-11-16)20-10-14-4-5-17-12-19-8-6-15(17)9-14/h2-9,11-13,20H,10H2,1H3/t13-/m1/s1. The van der Waals surface area contributed by atoms with Gasteiger partial charge in [0.1, 0.15) is 0 Å². The molecule has 3 nitrogen and oxygen atoms in total. The second kappa shape index (κ2) is 5.80. The first-order valence-electron chi connectivity index (χ1n) is 6.79. The molecule has 0 aliphatic rings. The van der Waals surface area contributed by atoms with Gasteiger partial charge in [-0.25, -0.2) is 0 Å². The van der Waals surface area contributed by atoms with E-state index in [0.717, 1.165) is 6.54 Å². The summed E-state index contributed by atoms with van der Waals surface area (Å²) in [5.74, 6) is 0. The highest BCUT2D eigenvalue weighted by Gasteiger charge is 2.04. The summed E-state index contributed by atoms with van der Waals surface area (Å²) in [6, 6.07) is 12.9. The summed E-state index contributed by atoms with van der Waals surface area (Å²) in [5.41, 5.74) is 2.48. The van der Waals surface area contributed by atoms with Crippen molar-refractivity contribution in [2.24, 2.45) is 0 Å². The minimum absolute atomic E-state index is 0.289. The van der Waals surface area contributed by atoms with Crippen molar-refractivity contribution in [2.45, 2.75) is 19.5 Å². The molecule has 1 atom stereocenters. The Kier molecular flexibility index (Phi) is 3.70. The van der Waals surface area contributed by atoms with Gasteiger partial charge in [-0.15, -0.1) is 0 Å². The highest BCUT2D eigenvalue weighted by molar-refractivity contribution is 5.81. The van der Waals surface area contributed by atoms with Crippen LogP contribution in [0.4, 0.5) is 0 Å². The fraction of sp³-hybridized carbons (Fsp3) is 0.176. The van der Waals surface area contributed by atoms with Crippen molar-refractivity contribution in [1.29, 1.82) is 0 Å². The number of nitrogens with zero attached hydrogens (tertiary/aromatic N) is 2. The van der Waals surface area contributed by atoms with Crippen molar-refractivity contribution in [2.75, 3.05) is 0 Å². The zero-order chi connectivity index (χ0) is 13.8. The molecule has 3 aromatic rings. The molecule has 1 N–H and O–H groups in total. The Balaban J connectivity index is 1.70. The number of hydrogen-bond acceptors (Lipinski definition) is 3. The monoisotopic (exact) mass is 263 g/mol. The van der Waals surface area contributed by atoms with Gasteiger partial charge in [0.25, 0.3) is 0 Å². The van der Waals surface area contributed by atoms with E-state index in [1.54, 1.807) is 6.20 Å². The third-order valence-electron chi connectivity index (χ3n) is 3.50. The summed E-state index contributed by atoms with van der Waals surface area (Å²) in [5, 5.41) is 5.93. The molecule has 0 fully saturated rings. The Labute approximate surface area is 118 Å². The lowest BCUT2D eigenvalue weighted by Gasteiger charge is -2.14. The number of pyridine rings is 2. The molecule has 0 aliphatic heterocycles. The first-order valence-corrected chi connectivity index (χ1v) is 6.79. The van der Waals surface area contributed by atoms with Crippen LogP contribution in [0.1, 0.15) is 24.1 Å². The van der Waals surface area contributed by atoms with Crippen LogP contribution in [0, 0.1) is 0 Å². The first-order chi connectivity index (χ1) is 9.83. The molecule has 1 aromatic carbocycles. The minimum atomic E-state index is 0.289. The van der Waals surface area contributed by atoms with E-state index in [1.807, 2.05) is 30.7 Å². The van der Waals surface area contributed by atoms with Gasteiger partial charge >= 0.3 is 0 Å². The Hall–Kier alpha value is -2.26. The molecular formula is C17H17N3. The Bertz CT molecular complexity index is 695. The summed E-state index contributed by atoms with van der Waals surface area (Å²) in [4.78, 5) is 8.29. The topological polar surface area (TPSA) is 37.8 Å². The van der Waals surface area contributed by atoms with Crippen LogP contribution in [0.2, 0.25) is 0 Å². The molecule has 0 aliphatic carbocycles. The maximum absolute atomic E-state index is 4.15. The minimum Gasteiger partial charge on any atom is -0.306 e. The van der Waals surface area contributed by atoms with E-state index in [2.05, 4.69) is 46.5 Å². The number of aromatic nitrogens is 2. The van der Waals surface area contributed by atoms with E-state index in [4.69, 9.17) is 0 Å². The summed E-state index contributed by atoms with van der Waals surface area (Å²) >= 11 is 0. The SMILES string of the molecule is C[C@@H](NCc1ccc2cnccc2c1)c1cccnc1. The van der Waals surface area contributed by atoms with Gasteiger partial charge in [-0.3, -0.25) is 9.97 Å². The molecule has 0 amide bonds. The quantitative estimate of drug-likeness (QED) is 0.783. The largest absolute Gasteiger partial charge is 0.306 e. The van der Waals surface area contributed by atoms with Gasteiger partial charge < -0.3 is 5.32 Å². The summed E-state index contributed by atoms with van der Waals surface area (Å²) in [6.45, 7) is 3.00. The van der Waals surface area contributed by atoms with Gasteiger partial charge in [0.2, 0.25) is 0 Å². The molecule has 0 unspecified atom stereocenters. The molecule has 2 heterocycles. The summed E-state index contributed by atoms with van der Waals surface area (Å²) in [7, 11) is 0. The molecule has 3 rings (SSSR count).